The van der Waals surface area contributed by atoms with E-state index in [9.17, 15) is 0 Å². The molecule has 0 aliphatic carbocycles. The lowest BCUT2D eigenvalue weighted by molar-refractivity contribution is 1.23. The normalized spacial score (nSPS) is 13.1. The molecule has 0 spiro atoms. The van der Waals surface area contributed by atoms with Crippen LogP contribution >= 0.6 is 102 Å². The monoisotopic (exact) mass is 570 g/mol. The Morgan fingerprint density at radius 1 is 0.938 bits per heavy atom. The minimum atomic E-state index is 0.219. The smallest absolute Gasteiger partial charge is 0.0843 e. The van der Waals surface area contributed by atoms with Gasteiger partial charge in [0.2, 0.25) is 0 Å². The van der Waals surface area contributed by atoms with Crippen molar-refractivity contribution in [1.29, 1.82) is 0 Å². The molecular weight excluding hydrogens is 572 g/mol. The van der Waals surface area contributed by atoms with Gasteiger partial charge in [0.15, 0.2) is 0 Å². The summed E-state index contributed by atoms with van der Waals surface area (Å²) >= 11 is 21.2. The van der Waals surface area contributed by atoms with E-state index in [1.54, 1.807) is 22.7 Å². The predicted octanol–water partition coefficient (Wildman–Crippen LogP) is 7.34. The summed E-state index contributed by atoms with van der Waals surface area (Å²) in [4.78, 5) is 1.49. The van der Waals surface area contributed by atoms with Crippen molar-refractivity contribution in [2.75, 3.05) is 0 Å². The van der Waals surface area contributed by atoms with E-state index in [2.05, 4.69) is 91.8 Å². The van der Waals surface area contributed by atoms with Crippen molar-refractivity contribution in [2.45, 2.75) is 4.83 Å². The van der Waals surface area contributed by atoms with E-state index >= 15 is 0 Å². The van der Waals surface area contributed by atoms with Gasteiger partial charge in [-0.25, -0.2) is 0 Å². The van der Waals surface area contributed by atoms with Crippen molar-refractivity contribution in [3.05, 3.63) is 38.4 Å². The molecule has 0 amide bonds. The molecule has 2 rings (SSSR count). The van der Waals surface area contributed by atoms with Gasteiger partial charge in [-0.3, -0.25) is 0 Å². The fourth-order valence-electron chi connectivity index (χ4n) is 1.17. The maximum Gasteiger partial charge on any atom is 0.0843 e. The zero-order valence-corrected chi connectivity index (χ0v) is 17.0. The zero-order valence-electron chi connectivity index (χ0n) is 7.44. The van der Waals surface area contributed by atoms with Gasteiger partial charge in [0.25, 0.3) is 0 Å². The van der Waals surface area contributed by atoms with Crippen molar-refractivity contribution < 1.29 is 0 Å². The average Bonchev–Trinajstić information content (AvgIpc) is 2.70. The molecule has 0 aliphatic heterocycles. The second-order valence-electron chi connectivity index (χ2n) is 2.91. The second kappa shape index (κ2) is 5.84. The van der Waals surface area contributed by atoms with E-state index in [0.717, 1.165) is 15.8 Å². The van der Waals surface area contributed by atoms with Crippen LogP contribution in [0, 0.1) is 0 Å². The Kier molecular flexibility index (Phi) is 5.19. The number of halogens is 5. The SMILES string of the molecule is Brc1cc(C(Br)c2cc(Br)c(Br)s2)c(Br)s1. The Morgan fingerprint density at radius 3 is 2.06 bits per heavy atom. The molecule has 0 nitrogen and oxygen atoms in total. The summed E-state index contributed by atoms with van der Waals surface area (Å²) in [6.45, 7) is 0. The lowest BCUT2D eigenvalue weighted by Gasteiger charge is -2.05. The van der Waals surface area contributed by atoms with Gasteiger partial charge in [-0.2, -0.15) is 0 Å². The molecule has 2 aromatic rings. The molecule has 1 atom stereocenters. The highest BCUT2D eigenvalue weighted by atomic mass is 79.9. The van der Waals surface area contributed by atoms with Crippen molar-refractivity contribution in [1.82, 2.24) is 0 Å². The van der Waals surface area contributed by atoms with Gasteiger partial charge in [0.05, 0.1) is 16.2 Å². The number of hydrogen-bond acceptors (Lipinski definition) is 2. The maximum absolute atomic E-state index is 3.73. The summed E-state index contributed by atoms with van der Waals surface area (Å²) in [5, 5.41) is 0. The predicted molar refractivity (Wildman–Crippen MR) is 90.2 cm³/mol. The molecule has 2 aromatic heterocycles. The molecule has 7 heteroatoms. The van der Waals surface area contributed by atoms with Crippen LogP contribution in [0.2, 0.25) is 0 Å². The third-order valence-corrected chi connectivity index (χ3v) is 8.87. The summed E-state index contributed by atoms with van der Waals surface area (Å²) < 4.78 is 4.51. The van der Waals surface area contributed by atoms with E-state index in [1.807, 2.05) is 0 Å². The third-order valence-electron chi connectivity index (χ3n) is 1.87. The van der Waals surface area contributed by atoms with Gasteiger partial charge in [-0.05, 0) is 81.4 Å². The summed E-state index contributed by atoms with van der Waals surface area (Å²) in [6.07, 6.45) is 0. The molecule has 0 radical (unpaired) electrons. The highest BCUT2D eigenvalue weighted by molar-refractivity contribution is 9.13. The van der Waals surface area contributed by atoms with Crippen molar-refractivity contribution in [2.24, 2.45) is 0 Å². The van der Waals surface area contributed by atoms with Gasteiger partial charge < -0.3 is 0 Å². The van der Waals surface area contributed by atoms with E-state index in [4.69, 9.17) is 0 Å². The summed E-state index contributed by atoms with van der Waals surface area (Å²) in [5.74, 6) is 0. The molecule has 0 N–H and O–H groups in total. The molecule has 0 saturated heterocycles. The Hall–Kier alpha value is 1.80. The average molecular weight is 575 g/mol. The molecule has 0 aromatic carbocycles. The molecule has 86 valence electrons. The van der Waals surface area contributed by atoms with E-state index < -0.39 is 0 Å². The molecular formula is C9H3Br5S2. The van der Waals surface area contributed by atoms with Crippen molar-refractivity contribution >= 4 is 102 Å². The lowest BCUT2D eigenvalue weighted by atomic mass is 10.2. The van der Waals surface area contributed by atoms with Crippen LogP contribution in [0.3, 0.4) is 0 Å². The topological polar surface area (TPSA) is 0 Å². The summed E-state index contributed by atoms with van der Waals surface area (Å²) in [6, 6.07) is 4.27. The Labute approximate surface area is 143 Å². The van der Waals surface area contributed by atoms with Crippen LogP contribution in [-0.2, 0) is 0 Å². The van der Waals surface area contributed by atoms with Crippen LogP contribution in [0.4, 0.5) is 0 Å². The fourth-order valence-corrected chi connectivity index (χ4v) is 7.39. The van der Waals surface area contributed by atoms with Crippen LogP contribution < -0.4 is 0 Å². The third kappa shape index (κ3) is 3.03. The standard InChI is InChI=1S/C9H3Br5S2/c10-4-2-5(15-9(4)14)7(12)3-1-6(11)16-8(3)13/h1-2,7H. The Morgan fingerprint density at radius 2 is 1.62 bits per heavy atom. The largest absolute Gasteiger partial charge is 0.131 e. The van der Waals surface area contributed by atoms with Crippen molar-refractivity contribution in [3.8, 4) is 0 Å². The number of thiophene rings is 2. The molecule has 0 saturated carbocycles. The fraction of sp³-hybridized carbons (Fsp3) is 0.111. The molecule has 0 aliphatic rings. The van der Waals surface area contributed by atoms with E-state index in [0.29, 0.717) is 0 Å². The Bertz CT molecular complexity index is 496. The van der Waals surface area contributed by atoms with Crippen LogP contribution in [0.25, 0.3) is 0 Å². The minimum absolute atomic E-state index is 0.219. The highest BCUT2D eigenvalue weighted by Gasteiger charge is 2.19. The zero-order chi connectivity index (χ0) is 11.9. The number of rotatable bonds is 2. The maximum atomic E-state index is 3.73. The molecule has 1 unspecified atom stereocenters. The summed E-state index contributed by atoms with van der Waals surface area (Å²) in [5.41, 5.74) is 1.25. The van der Waals surface area contributed by atoms with Gasteiger partial charge in [0, 0.05) is 9.35 Å². The first kappa shape index (κ1) is 14.2. The van der Waals surface area contributed by atoms with Crippen LogP contribution in [-0.4, -0.2) is 0 Å². The van der Waals surface area contributed by atoms with Gasteiger partial charge in [0.1, 0.15) is 0 Å². The molecule has 2 heterocycles. The second-order valence-corrected chi connectivity index (χ2v) is 10.8. The van der Waals surface area contributed by atoms with Gasteiger partial charge >= 0.3 is 0 Å². The van der Waals surface area contributed by atoms with E-state index in [-0.39, 0.29) is 4.83 Å². The Balaban J connectivity index is 2.38. The molecule has 0 bridgehead atoms. The molecule has 0 fully saturated rings. The first-order valence-electron chi connectivity index (χ1n) is 4.02. The summed E-state index contributed by atoms with van der Waals surface area (Å²) in [7, 11) is 0. The minimum Gasteiger partial charge on any atom is -0.131 e. The quantitative estimate of drug-likeness (QED) is 0.329. The van der Waals surface area contributed by atoms with Crippen molar-refractivity contribution in [3.63, 3.8) is 0 Å². The van der Waals surface area contributed by atoms with Gasteiger partial charge in [-0.15, -0.1) is 22.7 Å². The van der Waals surface area contributed by atoms with E-state index in [1.165, 1.54) is 10.4 Å². The van der Waals surface area contributed by atoms with Gasteiger partial charge in [-0.1, -0.05) is 15.9 Å². The molecule has 16 heavy (non-hydrogen) atoms. The number of hydrogen-bond donors (Lipinski definition) is 0. The van der Waals surface area contributed by atoms with Crippen LogP contribution in [0.5, 0.6) is 0 Å². The van der Waals surface area contributed by atoms with Crippen LogP contribution in [0.1, 0.15) is 15.3 Å². The first-order valence-corrected chi connectivity index (χ1v) is 9.74. The number of alkyl halides is 1. The first-order chi connectivity index (χ1) is 7.49. The van der Waals surface area contributed by atoms with Crippen LogP contribution in [0.15, 0.2) is 28.0 Å². The lowest BCUT2D eigenvalue weighted by Crippen LogP contribution is -1.86. The highest BCUT2D eigenvalue weighted by Crippen LogP contribution is 2.46.